The van der Waals surface area contributed by atoms with Crippen LogP contribution < -0.4 is 0 Å². The molecular formula is C16H29NO3. The summed E-state index contributed by atoms with van der Waals surface area (Å²) in [6, 6.07) is 0.204. The van der Waals surface area contributed by atoms with Crippen LogP contribution in [0.25, 0.3) is 0 Å². The van der Waals surface area contributed by atoms with E-state index in [2.05, 4.69) is 18.7 Å². The van der Waals surface area contributed by atoms with Crippen molar-refractivity contribution in [1.82, 2.24) is 4.90 Å². The summed E-state index contributed by atoms with van der Waals surface area (Å²) in [4.78, 5) is 2.49. The molecule has 2 heterocycles. The van der Waals surface area contributed by atoms with Crippen LogP contribution >= 0.6 is 0 Å². The summed E-state index contributed by atoms with van der Waals surface area (Å²) in [6.07, 6.45) is 5.96. The molecule has 1 spiro atoms. The molecule has 0 bridgehead atoms. The molecule has 0 aromatic carbocycles. The van der Waals surface area contributed by atoms with E-state index < -0.39 is 5.79 Å². The van der Waals surface area contributed by atoms with Crippen LogP contribution in [0, 0.1) is 5.41 Å². The normalized spacial score (nSPS) is 38.0. The SMILES string of the molecule is CC1(C)CCCN(C2CC3(CCC2O)OCCO3)CC1. The number of ether oxygens (including phenoxy) is 2. The number of likely N-dealkylation sites (tertiary alicyclic amines) is 1. The van der Waals surface area contributed by atoms with Gasteiger partial charge in [0, 0.05) is 18.9 Å². The zero-order chi connectivity index (χ0) is 14.2. The fourth-order valence-electron chi connectivity index (χ4n) is 4.02. The lowest BCUT2D eigenvalue weighted by Crippen LogP contribution is -2.53. The summed E-state index contributed by atoms with van der Waals surface area (Å²) in [5.41, 5.74) is 0.437. The third kappa shape index (κ3) is 3.03. The van der Waals surface area contributed by atoms with Gasteiger partial charge in [-0.25, -0.2) is 0 Å². The van der Waals surface area contributed by atoms with Gasteiger partial charge in [-0.3, -0.25) is 4.90 Å². The maximum Gasteiger partial charge on any atom is 0.170 e. The van der Waals surface area contributed by atoms with Crippen molar-refractivity contribution in [3.05, 3.63) is 0 Å². The van der Waals surface area contributed by atoms with Gasteiger partial charge in [-0.1, -0.05) is 13.8 Å². The minimum Gasteiger partial charge on any atom is -0.391 e. The highest BCUT2D eigenvalue weighted by Gasteiger charge is 2.46. The number of nitrogens with zero attached hydrogens (tertiary/aromatic N) is 1. The zero-order valence-corrected chi connectivity index (χ0v) is 12.9. The molecule has 116 valence electrons. The number of hydrogen-bond acceptors (Lipinski definition) is 4. The Labute approximate surface area is 122 Å². The van der Waals surface area contributed by atoms with Gasteiger partial charge < -0.3 is 14.6 Å². The smallest absolute Gasteiger partial charge is 0.170 e. The van der Waals surface area contributed by atoms with Gasteiger partial charge in [0.2, 0.25) is 0 Å². The Morgan fingerprint density at radius 3 is 2.55 bits per heavy atom. The van der Waals surface area contributed by atoms with Gasteiger partial charge in [0.05, 0.1) is 19.3 Å². The highest BCUT2D eigenvalue weighted by atomic mass is 16.7. The molecule has 3 fully saturated rings. The predicted octanol–water partition coefficient (Wildman–Crippen LogP) is 2.16. The van der Waals surface area contributed by atoms with Crippen molar-refractivity contribution in [3.63, 3.8) is 0 Å². The van der Waals surface area contributed by atoms with Crippen molar-refractivity contribution in [3.8, 4) is 0 Å². The fourth-order valence-corrected chi connectivity index (χ4v) is 4.02. The molecule has 0 aromatic rings. The van der Waals surface area contributed by atoms with E-state index in [4.69, 9.17) is 9.47 Å². The van der Waals surface area contributed by atoms with Crippen LogP contribution in [0.2, 0.25) is 0 Å². The molecule has 20 heavy (non-hydrogen) atoms. The van der Waals surface area contributed by atoms with Crippen LogP contribution in [-0.2, 0) is 9.47 Å². The second kappa shape index (κ2) is 5.56. The maximum absolute atomic E-state index is 10.4. The summed E-state index contributed by atoms with van der Waals surface area (Å²) < 4.78 is 11.7. The Balaban J connectivity index is 1.67. The van der Waals surface area contributed by atoms with Crippen molar-refractivity contribution in [2.45, 2.75) is 70.3 Å². The van der Waals surface area contributed by atoms with Crippen molar-refractivity contribution in [2.75, 3.05) is 26.3 Å². The first-order chi connectivity index (χ1) is 9.50. The molecule has 4 nitrogen and oxygen atoms in total. The zero-order valence-electron chi connectivity index (χ0n) is 12.9. The van der Waals surface area contributed by atoms with Gasteiger partial charge in [-0.05, 0) is 44.2 Å². The molecule has 2 unspecified atom stereocenters. The van der Waals surface area contributed by atoms with Crippen LogP contribution in [-0.4, -0.2) is 54.2 Å². The number of hydrogen-bond donors (Lipinski definition) is 1. The van der Waals surface area contributed by atoms with Crippen molar-refractivity contribution in [2.24, 2.45) is 5.41 Å². The fraction of sp³-hybridized carbons (Fsp3) is 1.00. The van der Waals surface area contributed by atoms with Crippen molar-refractivity contribution >= 4 is 0 Å². The third-order valence-electron chi connectivity index (χ3n) is 5.44. The average molecular weight is 283 g/mol. The molecule has 1 aliphatic carbocycles. The van der Waals surface area contributed by atoms with Gasteiger partial charge in [0.1, 0.15) is 0 Å². The van der Waals surface area contributed by atoms with Gasteiger partial charge in [0.15, 0.2) is 5.79 Å². The standard InChI is InChI=1S/C16H29NO3/c1-15(2)5-3-8-17(9-7-15)13-12-16(6-4-14(13)18)19-10-11-20-16/h13-14,18H,3-12H2,1-2H3. The second-order valence-electron chi connectivity index (χ2n) is 7.54. The molecule has 1 N–H and O–H groups in total. The molecule has 2 saturated heterocycles. The minimum atomic E-state index is -0.397. The van der Waals surface area contributed by atoms with Crippen molar-refractivity contribution < 1.29 is 14.6 Å². The second-order valence-corrected chi connectivity index (χ2v) is 7.54. The maximum atomic E-state index is 10.4. The molecule has 1 saturated carbocycles. The molecule has 0 radical (unpaired) electrons. The lowest BCUT2D eigenvalue weighted by Gasteiger charge is -2.44. The van der Waals surface area contributed by atoms with Crippen LogP contribution in [0.15, 0.2) is 0 Å². The first-order valence-electron chi connectivity index (χ1n) is 8.20. The Bertz CT molecular complexity index is 339. The first-order valence-corrected chi connectivity index (χ1v) is 8.20. The van der Waals surface area contributed by atoms with E-state index in [1.54, 1.807) is 0 Å². The van der Waals surface area contributed by atoms with E-state index >= 15 is 0 Å². The van der Waals surface area contributed by atoms with Crippen molar-refractivity contribution in [1.29, 1.82) is 0 Å². The highest BCUT2D eigenvalue weighted by Crippen LogP contribution is 2.39. The summed E-state index contributed by atoms with van der Waals surface area (Å²) >= 11 is 0. The monoisotopic (exact) mass is 283 g/mol. The van der Waals surface area contributed by atoms with Gasteiger partial charge in [0.25, 0.3) is 0 Å². The quantitative estimate of drug-likeness (QED) is 0.801. The van der Waals surface area contributed by atoms with Crippen LogP contribution in [0.3, 0.4) is 0 Å². The highest BCUT2D eigenvalue weighted by molar-refractivity contribution is 4.94. The lowest BCUT2D eigenvalue weighted by molar-refractivity contribution is -0.205. The lowest BCUT2D eigenvalue weighted by atomic mass is 9.85. The van der Waals surface area contributed by atoms with Crippen LogP contribution in [0.5, 0.6) is 0 Å². The van der Waals surface area contributed by atoms with E-state index in [1.807, 2.05) is 0 Å². The summed E-state index contributed by atoms with van der Waals surface area (Å²) in [5, 5.41) is 10.4. The first kappa shape index (κ1) is 14.8. The van der Waals surface area contributed by atoms with E-state index in [-0.39, 0.29) is 12.1 Å². The Morgan fingerprint density at radius 1 is 1.05 bits per heavy atom. The summed E-state index contributed by atoms with van der Waals surface area (Å²) in [6.45, 7) is 8.31. The van der Waals surface area contributed by atoms with E-state index in [1.165, 1.54) is 19.3 Å². The van der Waals surface area contributed by atoms with Crippen LogP contribution in [0.1, 0.15) is 52.4 Å². The average Bonchev–Trinajstić information content (AvgIpc) is 2.77. The molecule has 2 atom stereocenters. The molecular weight excluding hydrogens is 254 g/mol. The summed E-state index contributed by atoms with van der Waals surface area (Å²) in [7, 11) is 0. The third-order valence-corrected chi connectivity index (χ3v) is 5.44. The van der Waals surface area contributed by atoms with Gasteiger partial charge in [-0.2, -0.15) is 0 Å². The van der Waals surface area contributed by atoms with Crippen LogP contribution in [0.4, 0.5) is 0 Å². The Kier molecular flexibility index (Phi) is 4.10. The predicted molar refractivity (Wildman–Crippen MR) is 77.5 cm³/mol. The Hall–Kier alpha value is -0.160. The number of aliphatic hydroxyl groups is 1. The van der Waals surface area contributed by atoms with E-state index in [0.717, 1.165) is 32.4 Å². The largest absolute Gasteiger partial charge is 0.391 e. The molecule has 0 amide bonds. The summed E-state index contributed by atoms with van der Waals surface area (Å²) in [5.74, 6) is -0.397. The molecule has 2 aliphatic heterocycles. The molecule has 3 rings (SSSR count). The Morgan fingerprint density at radius 2 is 1.80 bits per heavy atom. The minimum absolute atomic E-state index is 0.204. The van der Waals surface area contributed by atoms with E-state index in [9.17, 15) is 5.11 Å². The topological polar surface area (TPSA) is 41.9 Å². The van der Waals surface area contributed by atoms with Gasteiger partial charge in [-0.15, -0.1) is 0 Å². The molecule has 4 heteroatoms. The number of aliphatic hydroxyl groups excluding tert-OH is 1. The number of rotatable bonds is 1. The molecule has 3 aliphatic rings. The molecule has 0 aromatic heterocycles. The van der Waals surface area contributed by atoms with Gasteiger partial charge >= 0.3 is 0 Å². The van der Waals surface area contributed by atoms with E-state index in [0.29, 0.717) is 18.6 Å².